The molecule has 21 heavy (non-hydrogen) atoms. The number of rotatable bonds is 5. The van der Waals surface area contributed by atoms with Gasteiger partial charge in [0.2, 0.25) is 5.91 Å². The van der Waals surface area contributed by atoms with Gasteiger partial charge in [0, 0.05) is 45.7 Å². The molecule has 5 heteroatoms. The topological polar surface area (TPSA) is 48.0 Å². The Hall–Kier alpha value is -1.59. The lowest BCUT2D eigenvalue weighted by Crippen LogP contribution is -2.49. The van der Waals surface area contributed by atoms with Gasteiger partial charge in [-0.25, -0.2) is 0 Å². The monoisotopic (exact) mass is 293 g/mol. The maximum atomic E-state index is 12.4. The fourth-order valence-corrected chi connectivity index (χ4v) is 2.71. The molecule has 1 aromatic carbocycles. The largest absolute Gasteiger partial charge is 0.496 e. The quantitative estimate of drug-likeness (QED) is 0.777. The van der Waals surface area contributed by atoms with Gasteiger partial charge >= 0.3 is 0 Å². The van der Waals surface area contributed by atoms with Crippen molar-refractivity contribution in [1.29, 1.82) is 0 Å². The highest BCUT2D eigenvalue weighted by Gasteiger charge is 2.35. The summed E-state index contributed by atoms with van der Waals surface area (Å²) in [4.78, 5) is 14.3. The van der Waals surface area contributed by atoms with Crippen molar-refractivity contribution < 1.29 is 19.0 Å². The third kappa shape index (κ3) is 3.54. The Kier molecular flexibility index (Phi) is 5.20. The Morgan fingerprint density at radius 3 is 2.33 bits per heavy atom. The normalized spacial score (nSPS) is 17.6. The van der Waals surface area contributed by atoms with Crippen LogP contribution in [0.1, 0.15) is 18.4 Å². The molecular weight excluding hydrogens is 270 g/mol. The van der Waals surface area contributed by atoms with Crippen molar-refractivity contribution in [3.8, 4) is 5.75 Å². The Labute approximate surface area is 125 Å². The summed E-state index contributed by atoms with van der Waals surface area (Å²) in [7, 11) is 4.92. The zero-order valence-corrected chi connectivity index (χ0v) is 12.9. The number of benzene rings is 1. The lowest BCUT2D eigenvalue weighted by molar-refractivity contribution is -0.228. The second-order valence-electron chi connectivity index (χ2n) is 5.19. The van der Waals surface area contributed by atoms with Gasteiger partial charge in [0.05, 0.1) is 13.5 Å². The summed E-state index contributed by atoms with van der Waals surface area (Å²) in [6, 6.07) is 7.62. The van der Waals surface area contributed by atoms with Gasteiger partial charge in [-0.05, 0) is 6.07 Å². The Bertz CT molecular complexity index is 475. The van der Waals surface area contributed by atoms with Crippen LogP contribution in [0.4, 0.5) is 0 Å². The Morgan fingerprint density at radius 2 is 1.76 bits per heavy atom. The number of ether oxygens (including phenoxy) is 3. The van der Waals surface area contributed by atoms with E-state index in [0.29, 0.717) is 32.4 Å². The van der Waals surface area contributed by atoms with Crippen molar-refractivity contribution in [3.05, 3.63) is 29.8 Å². The molecule has 0 radical (unpaired) electrons. The summed E-state index contributed by atoms with van der Waals surface area (Å²) in [5.41, 5.74) is 0.917. The van der Waals surface area contributed by atoms with Crippen molar-refractivity contribution >= 4 is 5.91 Å². The SMILES string of the molecule is COc1ccccc1CC(=O)N1CCC(OC)(OC)CC1. The first-order valence-electron chi connectivity index (χ1n) is 7.14. The minimum atomic E-state index is -0.540. The molecule has 1 saturated heterocycles. The lowest BCUT2D eigenvalue weighted by atomic mass is 10.0. The molecular formula is C16H23NO4. The standard InChI is InChI=1S/C16H23NO4/c1-19-14-7-5-4-6-13(14)12-15(18)17-10-8-16(20-2,21-3)9-11-17/h4-7H,8-12H2,1-3H3. The van der Waals surface area contributed by atoms with Crippen LogP contribution in [0.5, 0.6) is 5.75 Å². The maximum absolute atomic E-state index is 12.4. The molecule has 1 aromatic rings. The van der Waals surface area contributed by atoms with Gasteiger partial charge in [-0.2, -0.15) is 0 Å². The fourth-order valence-electron chi connectivity index (χ4n) is 2.71. The predicted octanol–water partition coefficient (Wildman–Crippen LogP) is 1.85. The van der Waals surface area contributed by atoms with E-state index in [1.807, 2.05) is 29.2 Å². The minimum absolute atomic E-state index is 0.111. The number of para-hydroxylation sites is 1. The molecule has 1 fully saturated rings. The van der Waals surface area contributed by atoms with E-state index in [0.717, 1.165) is 11.3 Å². The van der Waals surface area contributed by atoms with E-state index in [1.54, 1.807) is 21.3 Å². The summed E-state index contributed by atoms with van der Waals surface area (Å²) in [6.07, 6.45) is 1.74. The zero-order valence-electron chi connectivity index (χ0n) is 12.9. The molecule has 1 amide bonds. The molecule has 116 valence electrons. The van der Waals surface area contributed by atoms with Crippen molar-refractivity contribution in [3.63, 3.8) is 0 Å². The number of likely N-dealkylation sites (tertiary alicyclic amines) is 1. The zero-order chi connectivity index (χ0) is 15.3. The predicted molar refractivity (Wildman–Crippen MR) is 79.3 cm³/mol. The number of nitrogens with zero attached hydrogens (tertiary/aromatic N) is 1. The van der Waals surface area contributed by atoms with Crippen molar-refractivity contribution in [2.45, 2.75) is 25.0 Å². The number of hydrogen-bond donors (Lipinski definition) is 0. The van der Waals surface area contributed by atoms with Crippen LogP contribution in [0, 0.1) is 0 Å². The summed E-state index contributed by atoms with van der Waals surface area (Å²) in [5, 5.41) is 0. The smallest absolute Gasteiger partial charge is 0.227 e. The first kappa shape index (κ1) is 15.8. The van der Waals surface area contributed by atoms with Gasteiger partial charge in [-0.3, -0.25) is 4.79 Å². The molecule has 0 aliphatic carbocycles. The molecule has 2 rings (SSSR count). The summed E-state index contributed by atoms with van der Waals surface area (Å²) >= 11 is 0. The van der Waals surface area contributed by atoms with E-state index in [4.69, 9.17) is 14.2 Å². The molecule has 0 aromatic heterocycles. The van der Waals surface area contributed by atoms with Gasteiger partial charge in [0.15, 0.2) is 5.79 Å². The van der Waals surface area contributed by atoms with Crippen LogP contribution in [0.15, 0.2) is 24.3 Å². The van der Waals surface area contributed by atoms with E-state index in [1.165, 1.54) is 0 Å². The summed E-state index contributed by atoms with van der Waals surface area (Å²) < 4.78 is 16.2. The molecule has 0 unspecified atom stereocenters. The van der Waals surface area contributed by atoms with E-state index in [-0.39, 0.29) is 5.91 Å². The van der Waals surface area contributed by atoms with E-state index < -0.39 is 5.79 Å². The maximum Gasteiger partial charge on any atom is 0.227 e. The average Bonchev–Trinajstić information content (AvgIpc) is 2.55. The van der Waals surface area contributed by atoms with Gasteiger partial charge in [0.25, 0.3) is 0 Å². The lowest BCUT2D eigenvalue weighted by Gasteiger charge is -2.39. The van der Waals surface area contributed by atoms with Crippen LogP contribution in [-0.2, 0) is 20.7 Å². The Morgan fingerprint density at radius 1 is 1.14 bits per heavy atom. The molecule has 5 nitrogen and oxygen atoms in total. The highest BCUT2D eigenvalue weighted by molar-refractivity contribution is 5.79. The van der Waals surface area contributed by atoms with Crippen LogP contribution < -0.4 is 4.74 Å². The first-order chi connectivity index (χ1) is 10.1. The van der Waals surface area contributed by atoms with Gasteiger partial charge in [-0.15, -0.1) is 0 Å². The number of carbonyl (C=O) groups excluding carboxylic acids is 1. The minimum Gasteiger partial charge on any atom is -0.496 e. The van der Waals surface area contributed by atoms with Crippen LogP contribution in [0.2, 0.25) is 0 Å². The summed E-state index contributed by atoms with van der Waals surface area (Å²) in [6.45, 7) is 1.30. The highest BCUT2D eigenvalue weighted by Crippen LogP contribution is 2.27. The van der Waals surface area contributed by atoms with Gasteiger partial charge < -0.3 is 19.1 Å². The van der Waals surface area contributed by atoms with Crippen LogP contribution >= 0.6 is 0 Å². The second kappa shape index (κ2) is 6.91. The van der Waals surface area contributed by atoms with Crippen LogP contribution in [-0.4, -0.2) is 51.0 Å². The second-order valence-corrected chi connectivity index (χ2v) is 5.19. The number of amides is 1. The van der Waals surface area contributed by atoms with E-state index >= 15 is 0 Å². The molecule has 1 heterocycles. The van der Waals surface area contributed by atoms with Crippen molar-refractivity contribution in [2.24, 2.45) is 0 Å². The van der Waals surface area contributed by atoms with Crippen LogP contribution in [0.25, 0.3) is 0 Å². The van der Waals surface area contributed by atoms with Gasteiger partial charge in [0.1, 0.15) is 5.75 Å². The van der Waals surface area contributed by atoms with Crippen molar-refractivity contribution in [2.75, 3.05) is 34.4 Å². The average molecular weight is 293 g/mol. The first-order valence-corrected chi connectivity index (χ1v) is 7.14. The molecule has 0 spiro atoms. The molecule has 0 N–H and O–H groups in total. The van der Waals surface area contributed by atoms with Crippen molar-refractivity contribution in [1.82, 2.24) is 4.90 Å². The number of piperidine rings is 1. The molecule has 1 aliphatic heterocycles. The van der Waals surface area contributed by atoms with Gasteiger partial charge in [-0.1, -0.05) is 18.2 Å². The highest BCUT2D eigenvalue weighted by atomic mass is 16.7. The number of hydrogen-bond acceptors (Lipinski definition) is 4. The van der Waals surface area contributed by atoms with E-state index in [2.05, 4.69) is 0 Å². The third-order valence-corrected chi connectivity index (χ3v) is 4.16. The fraction of sp³-hybridized carbons (Fsp3) is 0.562. The molecule has 0 atom stereocenters. The molecule has 0 saturated carbocycles. The van der Waals surface area contributed by atoms with E-state index in [9.17, 15) is 4.79 Å². The molecule has 1 aliphatic rings. The number of methoxy groups -OCH3 is 3. The third-order valence-electron chi connectivity index (χ3n) is 4.16. The van der Waals surface area contributed by atoms with Crippen LogP contribution in [0.3, 0.4) is 0 Å². The Balaban J connectivity index is 1.96. The molecule has 0 bridgehead atoms. The number of carbonyl (C=O) groups is 1. The summed E-state index contributed by atoms with van der Waals surface area (Å²) in [5.74, 6) is 0.326.